The highest BCUT2D eigenvalue weighted by molar-refractivity contribution is 7.11. The first-order valence-electron chi connectivity index (χ1n) is 8.22. The summed E-state index contributed by atoms with van der Waals surface area (Å²) in [5.74, 6) is 0.895. The fraction of sp³-hybridized carbons (Fsp3) is 0.444. The number of piperidine rings is 1. The molecule has 1 aromatic carbocycles. The van der Waals surface area contributed by atoms with Gasteiger partial charge in [0.25, 0.3) is 0 Å². The number of carbonyl (C=O) groups is 1. The Labute approximate surface area is 146 Å². The first-order chi connectivity index (χ1) is 11.6. The Morgan fingerprint density at radius 1 is 1.46 bits per heavy atom. The Balaban J connectivity index is 1.72. The predicted octanol–water partition coefficient (Wildman–Crippen LogP) is 3.31. The Bertz CT molecular complexity index is 716. The van der Waals surface area contributed by atoms with Crippen LogP contribution in [0.25, 0.3) is 0 Å². The number of anilines is 1. The molecule has 0 unspecified atom stereocenters. The van der Waals surface area contributed by atoms with Gasteiger partial charge in [0.1, 0.15) is 5.75 Å². The van der Waals surface area contributed by atoms with Gasteiger partial charge in [-0.05, 0) is 38.8 Å². The van der Waals surface area contributed by atoms with Crippen molar-refractivity contribution in [3.63, 3.8) is 0 Å². The molecule has 1 aliphatic rings. The highest BCUT2D eigenvalue weighted by Gasteiger charge is 2.31. The van der Waals surface area contributed by atoms with Gasteiger partial charge in [-0.25, -0.2) is 4.98 Å². The van der Waals surface area contributed by atoms with E-state index in [9.17, 15) is 4.79 Å². The minimum atomic E-state index is -0.164. The van der Waals surface area contributed by atoms with E-state index in [1.165, 1.54) is 4.88 Å². The maximum absolute atomic E-state index is 12.9. The molecule has 24 heavy (non-hydrogen) atoms. The molecule has 0 saturated carbocycles. The molecule has 0 radical (unpaired) electrons. The first-order valence-corrected chi connectivity index (χ1v) is 9.04. The molecule has 2 aromatic rings. The van der Waals surface area contributed by atoms with E-state index in [1.54, 1.807) is 18.4 Å². The van der Waals surface area contributed by atoms with Crippen LogP contribution in [0.15, 0.2) is 30.5 Å². The lowest BCUT2D eigenvalue weighted by molar-refractivity contribution is -0.122. The van der Waals surface area contributed by atoms with E-state index < -0.39 is 0 Å². The van der Waals surface area contributed by atoms with Crippen molar-refractivity contribution in [3.05, 3.63) is 40.3 Å². The third-order valence-electron chi connectivity index (χ3n) is 4.32. The van der Waals surface area contributed by atoms with Crippen LogP contribution in [0.3, 0.4) is 0 Å². The summed E-state index contributed by atoms with van der Waals surface area (Å²) < 4.78 is 5.27. The van der Waals surface area contributed by atoms with E-state index in [0.29, 0.717) is 0 Å². The molecule has 0 bridgehead atoms. The molecule has 1 fully saturated rings. The van der Waals surface area contributed by atoms with Gasteiger partial charge < -0.3 is 9.64 Å². The van der Waals surface area contributed by atoms with Gasteiger partial charge in [-0.2, -0.15) is 0 Å². The average Bonchev–Trinajstić information content (AvgIpc) is 3.03. The molecule has 2 atom stereocenters. The monoisotopic (exact) mass is 345 g/mol. The van der Waals surface area contributed by atoms with Crippen molar-refractivity contribution < 1.29 is 9.53 Å². The topological polar surface area (TPSA) is 54.5 Å². The van der Waals surface area contributed by atoms with Gasteiger partial charge in [-0.1, -0.05) is 6.07 Å². The number of carbonyl (C=O) groups excluding carboxylic acids is 1. The second-order valence-electron chi connectivity index (χ2n) is 6.06. The SMILES string of the molecule is COc1cccc(N2CCC[C@H](N[C@H](C)c3cnc(C)s3)C2=O)c1. The predicted molar refractivity (Wildman–Crippen MR) is 96.8 cm³/mol. The summed E-state index contributed by atoms with van der Waals surface area (Å²) in [5, 5.41) is 4.52. The van der Waals surface area contributed by atoms with Crippen LogP contribution in [0.2, 0.25) is 0 Å². The van der Waals surface area contributed by atoms with Crippen molar-refractivity contribution in [1.29, 1.82) is 0 Å². The summed E-state index contributed by atoms with van der Waals surface area (Å²) in [5.41, 5.74) is 0.895. The Morgan fingerprint density at radius 3 is 3.00 bits per heavy atom. The van der Waals surface area contributed by atoms with Crippen molar-refractivity contribution in [2.24, 2.45) is 0 Å². The third kappa shape index (κ3) is 3.60. The fourth-order valence-corrected chi connectivity index (χ4v) is 3.82. The lowest BCUT2D eigenvalue weighted by Crippen LogP contribution is -2.51. The number of hydrogen-bond donors (Lipinski definition) is 1. The van der Waals surface area contributed by atoms with Gasteiger partial charge in [0.05, 0.1) is 18.2 Å². The number of aromatic nitrogens is 1. The second kappa shape index (κ2) is 7.32. The van der Waals surface area contributed by atoms with Crippen LogP contribution in [0.4, 0.5) is 5.69 Å². The lowest BCUT2D eigenvalue weighted by Gasteiger charge is -2.34. The van der Waals surface area contributed by atoms with Crippen LogP contribution in [0, 0.1) is 6.92 Å². The van der Waals surface area contributed by atoms with Crippen molar-refractivity contribution >= 4 is 22.9 Å². The standard InChI is InChI=1S/C18H23N3O2S/c1-12(17-11-19-13(2)24-17)20-16-8-5-9-21(18(16)22)14-6-4-7-15(10-14)23-3/h4,6-7,10-12,16,20H,5,8-9H2,1-3H3/t12-,16+/m1/s1. The Kier molecular flexibility index (Phi) is 5.16. The second-order valence-corrected chi connectivity index (χ2v) is 7.32. The van der Waals surface area contributed by atoms with Crippen molar-refractivity contribution in [1.82, 2.24) is 10.3 Å². The molecule has 1 N–H and O–H groups in total. The minimum Gasteiger partial charge on any atom is -0.497 e. The molecule has 1 saturated heterocycles. The molecule has 6 heteroatoms. The zero-order chi connectivity index (χ0) is 17.1. The van der Waals surface area contributed by atoms with E-state index in [4.69, 9.17) is 4.74 Å². The molecule has 1 aromatic heterocycles. The van der Waals surface area contributed by atoms with E-state index in [-0.39, 0.29) is 18.0 Å². The fourth-order valence-electron chi connectivity index (χ4n) is 3.03. The highest BCUT2D eigenvalue weighted by atomic mass is 32.1. The number of amides is 1. The lowest BCUT2D eigenvalue weighted by atomic mass is 10.0. The molecule has 5 nitrogen and oxygen atoms in total. The van der Waals surface area contributed by atoms with Gasteiger partial charge in [0.15, 0.2) is 0 Å². The summed E-state index contributed by atoms with van der Waals surface area (Å²) in [4.78, 5) is 20.2. The van der Waals surface area contributed by atoms with Gasteiger partial charge in [-0.3, -0.25) is 10.1 Å². The number of methoxy groups -OCH3 is 1. The molecular formula is C18H23N3O2S. The smallest absolute Gasteiger partial charge is 0.244 e. The van der Waals surface area contributed by atoms with Crippen LogP contribution in [0.5, 0.6) is 5.75 Å². The number of rotatable bonds is 5. The van der Waals surface area contributed by atoms with Gasteiger partial charge in [-0.15, -0.1) is 11.3 Å². The van der Waals surface area contributed by atoms with Crippen LogP contribution in [0.1, 0.15) is 35.7 Å². The molecular weight excluding hydrogens is 322 g/mol. The number of nitrogens with one attached hydrogen (secondary N) is 1. The van der Waals surface area contributed by atoms with Crippen molar-refractivity contribution in [2.45, 2.75) is 38.8 Å². The number of thiazole rings is 1. The number of benzene rings is 1. The number of ether oxygens (including phenoxy) is 1. The van der Waals surface area contributed by atoms with E-state index in [0.717, 1.165) is 35.8 Å². The summed E-state index contributed by atoms with van der Waals surface area (Å²) in [6.07, 6.45) is 3.74. The molecule has 0 spiro atoms. The largest absolute Gasteiger partial charge is 0.497 e. The zero-order valence-corrected chi connectivity index (χ0v) is 15.1. The minimum absolute atomic E-state index is 0.121. The van der Waals surface area contributed by atoms with Crippen LogP contribution < -0.4 is 15.0 Å². The summed E-state index contributed by atoms with van der Waals surface area (Å²) in [6, 6.07) is 7.63. The maximum Gasteiger partial charge on any atom is 0.244 e. The third-order valence-corrected chi connectivity index (χ3v) is 5.42. The summed E-state index contributed by atoms with van der Waals surface area (Å²) in [6.45, 7) is 4.83. The normalized spacial score (nSPS) is 19.4. The molecule has 2 heterocycles. The average molecular weight is 345 g/mol. The van der Waals surface area contributed by atoms with Crippen LogP contribution >= 0.6 is 11.3 Å². The molecule has 128 valence electrons. The highest BCUT2D eigenvalue weighted by Crippen LogP contribution is 2.27. The first kappa shape index (κ1) is 16.9. The summed E-state index contributed by atoms with van der Waals surface area (Å²) in [7, 11) is 1.64. The molecule has 1 aliphatic heterocycles. The number of nitrogens with zero attached hydrogens (tertiary/aromatic N) is 2. The van der Waals surface area contributed by atoms with Crippen molar-refractivity contribution in [3.8, 4) is 5.75 Å². The van der Waals surface area contributed by atoms with Gasteiger partial charge in [0, 0.05) is 35.4 Å². The zero-order valence-electron chi connectivity index (χ0n) is 14.3. The van der Waals surface area contributed by atoms with E-state index in [1.807, 2.05) is 42.3 Å². The molecule has 1 amide bonds. The maximum atomic E-state index is 12.9. The quantitative estimate of drug-likeness (QED) is 0.903. The molecule has 0 aliphatic carbocycles. The van der Waals surface area contributed by atoms with Gasteiger partial charge >= 0.3 is 0 Å². The van der Waals surface area contributed by atoms with Gasteiger partial charge in [0.2, 0.25) is 5.91 Å². The number of hydrogen-bond acceptors (Lipinski definition) is 5. The Morgan fingerprint density at radius 2 is 2.29 bits per heavy atom. The Hall–Kier alpha value is -1.92. The van der Waals surface area contributed by atoms with Crippen molar-refractivity contribution in [2.75, 3.05) is 18.6 Å². The van der Waals surface area contributed by atoms with E-state index >= 15 is 0 Å². The van der Waals surface area contributed by atoms with Crippen LogP contribution in [-0.4, -0.2) is 30.6 Å². The molecule has 3 rings (SSSR count). The number of aryl methyl sites for hydroxylation is 1. The van der Waals surface area contributed by atoms with Crippen LogP contribution in [-0.2, 0) is 4.79 Å². The van der Waals surface area contributed by atoms with E-state index in [2.05, 4.69) is 17.2 Å². The summed E-state index contributed by atoms with van der Waals surface area (Å²) >= 11 is 1.67.